The van der Waals surface area contributed by atoms with Gasteiger partial charge in [0.2, 0.25) is 0 Å². The number of ether oxygens (including phenoxy) is 2. The molecule has 0 spiro atoms. The van der Waals surface area contributed by atoms with Crippen molar-refractivity contribution >= 4 is 16.6 Å². The highest BCUT2D eigenvalue weighted by molar-refractivity contribution is 5.95. The van der Waals surface area contributed by atoms with Crippen LogP contribution >= 0.6 is 0 Å². The molecule has 4 rings (SSSR count). The number of anilines is 1. The van der Waals surface area contributed by atoms with E-state index >= 15 is 0 Å². The molecule has 1 aliphatic heterocycles. The van der Waals surface area contributed by atoms with E-state index in [1.807, 2.05) is 24.4 Å². The van der Waals surface area contributed by atoms with Gasteiger partial charge in [-0.2, -0.15) is 0 Å². The number of rotatable bonds is 2. The lowest BCUT2D eigenvalue weighted by atomic mass is 9.81. The number of nitrogens with one attached hydrogen (secondary N) is 1. The molecule has 122 valence electrons. The van der Waals surface area contributed by atoms with Crippen LogP contribution in [0.2, 0.25) is 0 Å². The summed E-state index contributed by atoms with van der Waals surface area (Å²) in [5, 5.41) is 4.77. The number of nitrogens with two attached hydrogens (primary N) is 1. The third kappa shape index (κ3) is 2.70. The first-order valence-corrected chi connectivity index (χ1v) is 8.36. The minimum absolute atomic E-state index is 0.340. The van der Waals surface area contributed by atoms with E-state index in [1.54, 1.807) is 7.11 Å². The number of fused-ring (bicyclic) bond motifs is 3. The van der Waals surface area contributed by atoms with Crippen LogP contribution in [0.4, 0.5) is 5.69 Å². The van der Waals surface area contributed by atoms with Crippen molar-refractivity contribution in [2.45, 2.75) is 37.8 Å². The molecule has 3 N–H and O–H groups in total. The second-order valence-electron chi connectivity index (χ2n) is 6.62. The Morgan fingerprint density at radius 3 is 2.87 bits per heavy atom. The van der Waals surface area contributed by atoms with Gasteiger partial charge in [0.15, 0.2) is 5.75 Å². The molecule has 1 aromatic heterocycles. The topological polar surface area (TPSA) is 69.4 Å². The first-order chi connectivity index (χ1) is 11.2. The van der Waals surface area contributed by atoms with E-state index in [0.717, 1.165) is 40.9 Å². The fraction of sp³-hybridized carbons (Fsp3) is 0.500. The zero-order valence-electron chi connectivity index (χ0n) is 13.4. The van der Waals surface area contributed by atoms with E-state index in [1.165, 1.54) is 12.8 Å². The van der Waals surface area contributed by atoms with Crippen LogP contribution in [0.3, 0.4) is 0 Å². The van der Waals surface area contributed by atoms with E-state index in [4.69, 9.17) is 15.2 Å². The Bertz CT molecular complexity index is 705. The van der Waals surface area contributed by atoms with Crippen LogP contribution in [0, 0.1) is 5.92 Å². The molecule has 1 aliphatic carbocycles. The normalized spacial score (nSPS) is 27.0. The largest absolute Gasteiger partial charge is 0.497 e. The lowest BCUT2D eigenvalue weighted by Gasteiger charge is -2.36. The van der Waals surface area contributed by atoms with Gasteiger partial charge in [-0.25, -0.2) is 0 Å². The van der Waals surface area contributed by atoms with E-state index in [9.17, 15) is 0 Å². The standard InChI is InChI=1S/C18H23N3O2/c1-22-13-6-7-15-14(8-13)18-17(9-20-15)23-10-16(21-18)11-2-4-12(19)5-3-11/h6-9,11-12,16,21H,2-5,10,19H2,1H3. The number of methoxy groups -OCH3 is 1. The Labute approximate surface area is 136 Å². The predicted octanol–water partition coefficient (Wildman–Crippen LogP) is 2.93. The number of hydrogen-bond acceptors (Lipinski definition) is 5. The van der Waals surface area contributed by atoms with Gasteiger partial charge >= 0.3 is 0 Å². The number of benzene rings is 1. The molecule has 5 nitrogen and oxygen atoms in total. The molecular formula is C18H23N3O2. The van der Waals surface area contributed by atoms with Crippen LogP contribution < -0.4 is 20.5 Å². The van der Waals surface area contributed by atoms with Crippen LogP contribution in [-0.2, 0) is 0 Å². The monoisotopic (exact) mass is 313 g/mol. The Morgan fingerprint density at radius 2 is 2.09 bits per heavy atom. The van der Waals surface area contributed by atoms with Gasteiger partial charge in [0.05, 0.1) is 30.6 Å². The van der Waals surface area contributed by atoms with Gasteiger partial charge in [0.1, 0.15) is 12.4 Å². The lowest BCUT2D eigenvalue weighted by Crippen LogP contribution is -2.41. The van der Waals surface area contributed by atoms with Crippen molar-refractivity contribution in [2.75, 3.05) is 19.0 Å². The number of aromatic nitrogens is 1. The second-order valence-corrected chi connectivity index (χ2v) is 6.62. The number of hydrogen-bond donors (Lipinski definition) is 2. The molecule has 1 fully saturated rings. The average Bonchev–Trinajstić information content (AvgIpc) is 2.61. The minimum atomic E-state index is 0.340. The van der Waals surface area contributed by atoms with Gasteiger partial charge in [0, 0.05) is 11.4 Å². The van der Waals surface area contributed by atoms with Crippen molar-refractivity contribution in [1.82, 2.24) is 4.98 Å². The molecule has 0 radical (unpaired) electrons. The van der Waals surface area contributed by atoms with Crippen LogP contribution in [0.15, 0.2) is 24.4 Å². The average molecular weight is 313 g/mol. The predicted molar refractivity (Wildman–Crippen MR) is 91.1 cm³/mol. The molecule has 1 atom stereocenters. The quantitative estimate of drug-likeness (QED) is 0.892. The van der Waals surface area contributed by atoms with Crippen molar-refractivity contribution < 1.29 is 9.47 Å². The Morgan fingerprint density at radius 1 is 1.26 bits per heavy atom. The summed E-state index contributed by atoms with van der Waals surface area (Å²) in [6.07, 6.45) is 6.37. The molecule has 23 heavy (non-hydrogen) atoms. The van der Waals surface area contributed by atoms with E-state index in [-0.39, 0.29) is 0 Å². The first kappa shape index (κ1) is 14.6. The molecule has 2 aliphatic rings. The highest BCUT2D eigenvalue weighted by atomic mass is 16.5. The second kappa shape index (κ2) is 5.89. The first-order valence-electron chi connectivity index (χ1n) is 8.36. The van der Waals surface area contributed by atoms with Crippen molar-refractivity contribution in [3.05, 3.63) is 24.4 Å². The van der Waals surface area contributed by atoms with Crippen molar-refractivity contribution in [2.24, 2.45) is 11.7 Å². The summed E-state index contributed by atoms with van der Waals surface area (Å²) in [6.45, 7) is 0.698. The fourth-order valence-electron chi connectivity index (χ4n) is 3.75. The van der Waals surface area contributed by atoms with Crippen LogP contribution in [0.5, 0.6) is 11.5 Å². The maximum atomic E-state index is 6.04. The van der Waals surface area contributed by atoms with E-state index < -0.39 is 0 Å². The Kier molecular flexibility index (Phi) is 3.73. The summed E-state index contributed by atoms with van der Waals surface area (Å²) in [5.41, 5.74) is 8.03. The third-order valence-corrected chi connectivity index (χ3v) is 5.17. The summed E-state index contributed by atoms with van der Waals surface area (Å²) in [4.78, 5) is 4.48. The summed E-state index contributed by atoms with van der Waals surface area (Å²) in [7, 11) is 1.68. The molecule has 0 bridgehead atoms. The Hall–Kier alpha value is -2.01. The smallest absolute Gasteiger partial charge is 0.161 e. The van der Waals surface area contributed by atoms with Gasteiger partial charge in [-0.05, 0) is 49.8 Å². The summed E-state index contributed by atoms with van der Waals surface area (Å²) in [6, 6.07) is 6.66. The van der Waals surface area contributed by atoms with Crippen LogP contribution in [0.25, 0.3) is 10.9 Å². The molecule has 0 saturated heterocycles. The highest BCUT2D eigenvalue weighted by Crippen LogP contribution is 2.39. The summed E-state index contributed by atoms with van der Waals surface area (Å²) < 4.78 is 11.4. The van der Waals surface area contributed by atoms with Crippen LogP contribution in [0.1, 0.15) is 25.7 Å². The maximum Gasteiger partial charge on any atom is 0.161 e. The van der Waals surface area contributed by atoms with Gasteiger partial charge < -0.3 is 20.5 Å². The summed E-state index contributed by atoms with van der Waals surface area (Å²) >= 11 is 0. The number of nitrogens with zero attached hydrogens (tertiary/aromatic N) is 1. The van der Waals surface area contributed by atoms with Crippen molar-refractivity contribution in [3.8, 4) is 11.5 Å². The van der Waals surface area contributed by atoms with Gasteiger partial charge in [-0.1, -0.05) is 0 Å². The SMILES string of the molecule is COc1ccc2ncc3c(c2c1)NC(C1CCC(N)CC1)CO3. The van der Waals surface area contributed by atoms with Gasteiger partial charge in [0.25, 0.3) is 0 Å². The molecule has 2 heterocycles. The summed E-state index contributed by atoms with van der Waals surface area (Å²) in [5.74, 6) is 2.28. The molecule has 0 amide bonds. The fourth-order valence-corrected chi connectivity index (χ4v) is 3.75. The molecule has 1 unspecified atom stereocenters. The van der Waals surface area contributed by atoms with Crippen molar-refractivity contribution in [1.29, 1.82) is 0 Å². The zero-order valence-corrected chi connectivity index (χ0v) is 13.4. The molecule has 2 aromatic rings. The zero-order chi connectivity index (χ0) is 15.8. The van der Waals surface area contributed by atoms with Gasteiger partial charge in [-0.3, -0.25) is 4.98 Å². The lowest BCUT2D eigenvalue weighted by molar-refractivity contribution is 0.207. The van der Waals surface area contributed by atoms with E-state index in [0.29, 0.717) is 24.6 Å². The minimum Gasteiger partial charge on any atom is -0.497 e. The molecular weight excluding hydrogens is 290 g/mol. The van der Waals surface area contributed by atoms with Crippen LogP contribution in [-0.4, -0.2) is 30.8 Å². The highest BCUT2D eigenvalue weighted by Gasteiger charge is 2.30. The number of pyridine rings is 1. The molecule has 1 saturated carbocycles. The third-order valence-electron chi connectivity index (χ3n) is 5.17. The Balaban J connectivity index is 1.65. The maximum absolute atomic E-state index is 6.04. The van der Waals surface area contributed by atoms with E-state index in [2.05, 4.69) is 10.3 Å². The molecule has 5 heteroatoms. The van der Waals surface area contributed by atoms with Gasteiger partial charge in [-0.15, -0.1) is 0 Å². The van der Waals surface area contributed by atoms with Crippen molar-refractivity contribution in [3.63, 3.8) is 0 Å². The molecule has 1 aromatic carbocycles.